The van der Waals surface area contributed by atoms with Gasteiger partial charge in [0.05, 0.1) is 0 Å². The minimum absolute atomic E-state index is 0.243. The summed E-state index contributed by atoms with van der Waals surface area (Å²) in [4.78, 5) is 23.9. The molecule has 0 spiro atoms. The summed E-state index contributed by atoms with van der Waals surface area (Å²) in [5.74, 6) is -0.360. The molecule has 24 heavy (non-hydrogen) atoms. The normalized spacial score (nSPS) is 11.5. The molecule has 0 heterocycles. The third-order valence-corrected chi connectivity index (χ3v) is 3.40. The van der Waals surface area contributed by atoms with E-state index in [4.69, 9.17) is 9.47 Å². The maximum atomic E-state index is 12.1. The molecule has 0 saturated heterocycles. The van der Waals surface area contributed by atoms with E-state index in [0.717, 1.165) is 11.1 Å². The molecule has 1 amide bonds. The van der Waals surface area contributed by atoms with E-state index in [2.05, 4.69) is 5.32 Å². The van der Waals surface area contributed by atoms with Gasteiger partial charge in [-0.3, -0.25) is 4.79 Å². The van der Waals surface area contributed by atoms with E-state index in [9.17, 15) is 9.59 Å². The Morgan fingerprint density at radius 2 is 1.83 bits per heavy atom. The molecule has 2 aromatic rings. The van der Waals surface area contributed by atoms with Gasteiger partial charge in [-0.15, -0.1) is 0 Å². The molecule has 2 rings (SSSR count). The Bertz CT molecular complexity index is 727. The summed E-state index contributed by atoms with van der Waals surface area (Å²) in [6.45, 7) is 5.10. The number of aryl methyl sites for hydroxylation is 2. The smallest absolute Gasteiger partial charge is 0.344 e. The molecular weight excluding hydrogens is 306 g/mol. The fourth-order valence-corrected chi connectivity index (χ4v) is 2.11. The predicted octanol–water partition coefficient (Wildman–Crippen LogP) is 3.25. The van der Waals surface area contributed by atoms with Crippen molar-refractivity contribution >= 4 is 17.6 Å². The van der Waals surface area contributed by atoms with Crippen LogP contribution in [0.3, 0.4) is 0 Å². The Labute approximate surface area is 141 Å². The molecule has 5 nitrogen and oxygen atoms in total. The van der Waals surface area contributed by atoms with Crippen LogP contribution in [-0.2, 0) is 14.3 Å². The maximum absolute atomic E-state index is 12.1. The fraction of sp³-hybridized carbons (Fsp3) is 0.263. The van der Waals surface area contributed by atoms with Gasteiger partial charge in [-0.1, -0.05) is 30.3 Å². The first kappa shape index (κ1) is 17.5. The zero-order valence-corrected chi connectivity index (χ0v) is 14.0. The van der Waals surface area contributed by atoms with E-state index >= 15 is 0 Å². The molecular formula is C19H21NO4. The van der Waals surface area contributed by atoms with E-state index in [0.29, 0.717) is 11.4 Å². The zero-order valence-electron chi connectivity index (χ0n) is 14.0. The average molecular weight is 327 g/mol. The van der Waals surface area contributed by atoms with E-state index < -0.39 is 12.1 Å². The van der Waals surface area contributed by atoms with Crippen LogP contribution in [0.2, 0.25) is 0 Å². The van der Waals surface area contributed by atoms with E-state index in [1.165, 1.54) is 6.92 Å². The third-order valence-electron chi connectivity index (χ3n) is 3.40. The minimum atomic E-state index is -0.904. The van der Waals surface area contributed by atoms with Crippen molar-refractivity contribution in [3.8, 4) is 5.75 Å². The highest BCUT2D eigenvalue weighted by molar-refractivity contribution is 5.95. The lowest BCUT2D eigenvalue weighted by Gasteiger charge is -2.14. The number of para-hydroxylation sites is 1. The Hall–Kier alpha value is -2.82. The summed E-state index contributed by atoms with van der Waals surface area (Å²) >= 11 is 0. The van der Waals surface area contributed by atoms with Crippen molar-refractivity contribution in [1.82, 2.24) is 0 Å². The molecule has 0 aliphatic rings. The van der Waals surface area contributed by atoms with Gasteiger partial charge in [-0.25, -0.2) is 4.79 Å². The van der Waals surface area contributed by atoms with Crippen molar-refractivity contribution in [2.24, 2.45) is 0 Å². The van der Waals surface area contributed by atoms with Crippen LogP contribution < -0.4 is 10.1 Å². The molecule has 1 unspecified atom stereocenters. The number of carbonyl (C=O) groups is 2. The average Bonchev–Trinajstić information content (AvgIpc) is 2.54. The van der Waals surface area contributed by atoms with Gasteiger partial charge in [-0.2, -0.15) is 0 Å². The number of anilines is 1. The summed E-state index contributed by atoms with van der Waals surface area (Å²) in [5.41, 5.74) is 2.62. The zero-order chi connectivity index (χ0) is 17.5. The molecule has 0 aliphatic carbocycles. The van der Waals surface area contributed by atoms with Gasteiger partial charge in [0, 0.05) is 5.69 Å². The van der Waals surface area contributed by atoms with Crippen LogP contribution in [0.1, 0.15) is 18.1 Å². The highest BCUT2D eigenvalue weighted by Gasteiger charge is 2.18. The van der Waals surface area contributed by atoms with Crippen LogP contribution in [0, 0.1) is 13.8 Å². The molecule has 0 saturated carbocycles. The number of hydrogen-bond donors (Lipinski definition) is 1. The molecule has 0 aliphatic heterocycles. The highest BCUT2D eigenvalue weighted by Crippen LogP contribution is 2.16. The van der Waals surface area contributed by atoms with Crippen molar-refractivity contribution in [3.63, 3.8) is 0 Å². The van der Waals surface area contributed by atoms with Crippen molar-refractivity contribution in [1.29, 1.82) is 0 Å². The quantitative estimate of drug-likeness (QED) is 0.827. The van der Waals surface area contributed by atoms with Crippen LogP contribution in [-0.4, -0.2) is 24.6 Å². The monoisotopic (exact) mass is 327 g/mol. The van der Waals surface area contributed by atoms with Crippen molar-refractivity contribution in [2.75, 3.05) is 11.9 Å². The lowest BCUT2D eigenvalue weighted by atomic mass is 10.2. The van der Waals surface area contributed by atoms with Crippen LogP contribution in [0.15, 0.2) is 48.5 Å². The van der Waals surface area contributed by atoms with Crippen molar-refractivity contribution in [3.05, 3.63) is 59.7 Å². The number of nitrogens with one attached hydrogen (secondary N) is 1. The number of carbonyl (C=O) groups excluding carboxylic acids is 2. The van der Waals surface area contributed by atoms with Gasteiger partial charge in [0.15, 0.2) is 12.7 Å². The first-order chi connectivity index (χ1) is 11.5. The molecule has 2 aromatic carbocycles. The van der Waals surface area contributed by atoms with E-state index in [-0.39, 0.29) is 12.5 Å². The lowest BCUT2D eigenvalue weighted by Crippen LogP contribution is -2.31. The first-order valence-electron chi connectivity index (χ1n) is 7.71. The Balaban J connectivity index is 1.82. The second-order valence-electron chi connectivity index (χ2n) is 5.54. The standard InChI is InChI=1S/C19H21NO4/c1-13-7-6-9-16(11-13)20-19(22)15(3)24-18(21)12-23-17-10-5-4-8-14(17)2/h4-11,15H,12H2,1-3H3,(H,20,22). The van der Waals surface area contributed by atoms with Crippen LogP contribution >= 0.6 is 0 Å². The van der Waals surface area contributed by atoms with Crippen LogP contribution in [0.25, 0.3) is 0 Å². The Morgan fingerprint density at radius 1 is 1.08 bits per heavy atom. The number of benzene rings is 2. The molecule has 0 bridgehead atoms. The fourth-order valence-electron chi connectivity index (χ4n) is 2.11. The summed E-state index contributed by atoms with van der Waals surface area (Å²) in [6, 6.07) is 14.8. The number of rotatable bonds is 6. The number of hydrogen-bond acceptors (Lipinski definition) is 4. The van der Waals surface area contributed by atoms with E-state index in [1.807, 2.05) is 50.2 Å². The molecule has 1 atom stereocenters. The molecule has 0 fully saturated rings. The maximum Gasteiger partial charge on any atom is 0.344 e. The van der Waals surface area contributed by atoms with Crippen LogP contribution in [0.4, 0.5) is 5.69 Å². The van der Waals surface area contributed by atoms with Gasteiger partial charge >= 0.3 is 5.97 Å². The Morgan fingerprint density at radius 3 is 2.54 bits per heavy atom. The van der Waals surface area contributed by atoms with Gasteiger partial charge in [-0.05, 0) is 50.1 Å². The topological polar surface area (TPSA) is 64.6 Å². The van der Waals surface area contributed by atoms with Gasteiger partial charge in [0.2, 0.25) is 0 Å². The second-order valence-corrected chi connectivity index (χ2v) is 5.54. The summed E-state index contributed by atoms with van der Waals surface area (Å²) in [5, 5.41) is 2.71. The second kappa shape index (κ2) is 8.15. The molecule has 0 aromatic heterocycles. The lowest BCUT2D eigenvalue weighted by molar-refractivity contribution is -0.155. The molecule has 5 heteroatoms. The van der Waals surface area contributed by atoms with Gasteiger partial charge in [0.25, 0.3) is 5.91 Å². The molecule has 0 radical (unpaired) electrons. The van der Waals surface area contributed by atoms with Gasteiger partial charge in [0.1, 0.15) is 5.75 Å². The van der Waals surface area contributed by atoms with E-state index in [1.54, 1.807) is 12.1 Å². The summed E-state index contributed by atoms with van der Waals surface area (Å²) < 4.78 is 10.5. The number of ether oxygens (including phenoxy) is 2. The number of amides is 1. The molecule has 126 valence electrons. The van der Waals surface area contributed by atoms with Crippen molar-refractivity contribution < 1.29 is 19.1 Å². The molecule has 1 N–H and O–H groups in total. The summed E-state index contributed by atoms with van der Waals surface area (Å²) in [6.07, 6.45) is -0.904. The van der Waals surface area contributed by atoms with Crippen LogP contribution in [0.5, 0.6) is 5.75 Å². The predicted molar refractivity (Wildman–Crippen MR) is 92.0 cm³/mol. The van der Waals surface area contributed by atoms with Crippen molar-refractivity contribution in [2.45, 2.75) is 26.9 Å². The third kappa shape index (κ3) is 5.12. The Kier molecular flexibility index (Phi) is 5.95. The van der Waals surface area contributed by atoms with Gasteiger partial charge < -0.3 is 14.8 Å². The first-order valence-corrected chi connectivity index (χ1v) is 7.71. The largest absolute Gasteiger partial charge is 0.482 e. The minimum Gasteiger partial charge on any atom is -0.482 e. The summed E-state index contributed by atoms with van der Waals surface area (Å²) in [7, 11) is 0. The highest BCUT2D eigenvalue weighted by atomic mass is 16.6. The SMILES string of the molecule is Cc1cccc(NC(=O)C(C)OC(=O)COc2ccccc2C)c1. The number of esters is 1.